The van der Waals surface area contributed by atoms with E-state index in [9.17, 15) is 9.50 Å². The van der Waals surface area contributed by atoms with Gasteiger partial charge in [0.25, 0.3) is 0 Å². The van der Waals surface area contributed by atoms with Crippen LogP contribution in [0, 0.1) is 12.7 Å². The van der Waals surface area contributed by atoms with E-state index in [4.69, 9.17) is 5.73 Å². The van der Waals surface area contributed by atoms with Crippen LogP contribution in [-0.2, 0) is 0 Å². The van der Waals surface area contributed by atoms with Crippen molar-refractivity contribution in [3.05, 3.63) is 69.4 Å². The van der Waals surface area contributed by atoms with Crippen LogP contribution in [0.2, 0.25) is 0 Å². The van der Waals surface area contributed by atoms with E-state index in [0.717, 1.165) is 11.1 Å². The van der Waals surface area contributed by atoms with Crippen LogP contribution >= 0.6 is 15.9 Å². The fourth-order valence-corrected chi connectivity index (χ4v) is 2.55. The molecule has 2 rings (SSSR count). The number of aliphatic hydroxyl groups is 1. The second-order valence-corrected chi connectivity index (χ2v) is 5.78. The molecule has 2 aromatic rings. The summed E-state index contributed by atoms with van der Waals surface area (Å²) in [5, 5.41) is 10.4. The maximum Gasteiger partial charge on any atom is 0.130 e. The van der Waals surface area contributed by atoms with Gasteiger partial charge in [-0.25, -0.2) is 4.39 Å². The molecule has 4 heteroatoms. The Kier molecular flexibility index (Phi) is 4.91. The van der Waals surface area contributed by atoms with Crippen molar-refractivity contribution >= 4 is 15.9 Å². The third-order valence-electron chi connectivity index (χ3n) is 3.42. The monoisotopic (exact) mass is 337 g/mol. The van der Waals surface area contributed by atoms with Crippen LogP contribution in [0.3, 0.4) is 0 Å². The summed E-state index contributed by atoms with van der Waals surface area (Å²) >= 11 is 3.21. The average molecular weight is 338 g/mol. The standard InChI is InChI=1S/C16H17BrFNO/c1-10-2-4-11(5-3-10)14(9-19)16(20)13-7-6-12(17)8-15(13)18/h2-8,14,16,20H,9,19H2,1H3. The molecule has 0 aliphatic heterocycles. The van der Waals surface area contributed by atoms with E-state index in [1.54, 1.807) is 12.1 Å². The zero-order valence-electron chi connectivity index (χ0n) is 11.2. The lowest BCUT2D eigenvalue weighted by Crippen LogP contribution is -2.21. The normalized spacial score (nSPS) is 14.1. The Bertz CT molecular complexity index is 586. The molecule has 2 unspecified atom stereocenters. The molecule has 2 nitrogen and oxygen atoms in total. The van der Waals surface area contributed by atoms with Crippen LogP contribution in [0.4, 0.5) is 4.39 Å². The Morgan fingerprint density at radius 1 is 1.20 bits per heavy atom. The third kappa shape index (κ3) is 3.26. The number of nitrogens with two attached hydrogens (primary N) is 1. The minimum Gasteiger partial charge on any atom is -0.388 e. The van der Waals surface area contributed by atoms with Crippen molar-refractivity contribution in [1.29, 1.82) is 0 Å². The van der Waals surface area contributed by atoms with E-state index in [-0.39, 0.29) is 18.0 Å². The highest BCUT2D eigenvalue weighted by molar-refractivity contribution is 9.10. The van der Waals surface area contributed by atoms with E-state index < -0.39 is 11.9 Å². The molecule has 0 aromatic heterocycles. The number of hydrogen-bond acceptors (Lipinski definition) is 2. The first-order valence-electron chi connectivity index (χ1n) is 6.42. The highest BCUT2D eigenvalue weighted by Gasteiger charge is 2.24. The summed E-state index contributed by atoms with van der Waals surface area (Å²) in [6.45, 7) is 2.24. The first-order chi connectivity index (χ1) is 9.52. The molecule has 0 fully saturated rings. The van der Waals surface area contributed by atoms with Gasteiger partial charge in [0.1, 0.15) is 5.82 Å². The minimum atomic E-state index is -0.962. The van der Waals surface area contributed by atoms with Crippen molar-refractivity contribution in [2.24, 2.45) is 5.73 Å². The number of rotatable bonds is 4. The van der Waals surface area contributed by atoms with Gasteiger partial charge in [-0.3, -0.25) is 0 Å². The molecule has 106 valence electrons. The summed E-state index contributed by atoms with van der Waals surface area (Å²) in [5.41, 5.74) is 8.08. The zero-order valence-corrected chi connectivity index (χ0v) is 12.8. The lowest BCUT2D eigenvalue weighted by atomic mass is 9.88. The molecule has 2 aromatic carbocycles. The first-order valence-corrected chi connectivity index (χ1v) is 7.22. The number of hydrogen-bond donors (Lipinski definition) is 2. The molecule has 0 amide bonds. The Morgan fingerprint density at radius 2 is 1.85 bits per heavy atom. The molecular formula is C16H17BrFNO. The summed E-state index contributed by atoms with van der Waals surface area (Å²) in [5.74, 6) is -0.760. The average Bonchev–Trinajstić information content (AvgIpc) is 2.41. The van der Waals surface area contributed by atoms with E-state index in [0.29, 0.717) is 4.47 Å². The molecule has 0 saturated heterocycles. The molecule has 0 saturated carbocycles. The fraction of sp³-hybridized carbons (Fsp3) is 0.250. The maximum atomic E-state index is 13.9. The number of benzene rings is 2. The molecule has 0 bridgehead atoms. The van der Waals surface area contributed by atoms with Gasteiger partial charge in [-0.1, -0.05) is 51.8 Å². The fourth-order valence-electron chi connectivity index (χ4n) is 2.22. The van der Waals surface area contributed by atoms with Crippen molar-refractivity contribution in [3.8, 4) is 0 Å². The lowest BCUT2D eigenvalue weighted by molar-refractivity contribution is 0.143. The molecule has 2 atom stereocenters. The van der Waals surface area contributed by atoms with Gasteiger partial charge < -0.3 is 10.8 Å². The maximum absolute atomic E-state index is 13.9. The van der Waals surface area contributed by atoms with E-state index in [1.165, 1.54) is 6.07 Å². The molecule has 0 spiro atoms. The molecule has 0 heterocycles. The topological polar surface area (TPSA) is 46.2 Å². The van der Waals surface area contributed by atoms with Crippen LogP contribution in [0.1, 0.15) is 28.7 Å². The smallest absolute Gasteiger partial charge is 0.130 e. The largest absolute Gasteiger partial charge is 0.388 e. The molecule has 3 N–H and O–H groups in total. The van der Waals surface area contributed by atoms with Crippen LogP contribution in [-0.4, -0.2) is 11.7 Å². The second-order valence-electron chi connectivity index (χ2n) is 4.86. The summed E-state index contributed by atoms with van der Waals surface area (Å²) in [4.78, 5) is 0. The lowest BCUT2D eigenvalue weighted by Gasteiger charge is -2.23. The van der Waals surface area contributed by atoms with Gasteiger partial charge in [0.15, 0.2) is 0 Å². The second kappa shape index (κ2) is 6.48. The summed E-state index contributed by atoms with van der Waals surface area (Å²) in [7, 11) is 0. The van der Waals surface area contributed by atoms with Gasteiger partial charge in [0.2, 0.25) is 0 Å². The van der Waals surface area contributed by atoms with E-state index in [1.807, 2.05) is 31.2 Å². The number of halogens is 2. The van der Waals surface area contributed by atoms with Gasteiger partial charge in [0.05, 0.1) is 6.10 Å². The third-order valence-corrected chi connectivity index (χ3v) is 3.91. The highest BCUT2D eigenvalue weighted by Crippen LogP contribution is 2.32. The number of aryl methyl sites for hydroxylation is 1. The molecule has 0 aliphatic rings. The van der Waals surface area contributed by atoms with Crippen LogP contribution in [0.5, 0.6) is 0 Å². The van der Waals surface area contributed by atoms with Crippen LogP contribution in [0.15, 0.2) is 46.9 Å². The van der Waals surface area contributed by atoms with Crippen LogP contribution in [0.25, 0.3) is 0 Å². The molecule has 0 radical (unpaired) electrons. The highest BCUT2D eigenvalue weighted by atomic mass is 79.9. The van der Waals surface area contributed by atoms with Gasteiger partial charge >= 0.3 is 0 Å². The van der Waals surface area contributed by atoms with Crippen LogP contribution < -0.4 is 5.73 Å². The SMILES string of the molecule is Cc1ccc(C(CN)C(O)c2ccc(Br)cc2F)cc1. The van der Waals surface area contributed by atoms with Gasteiger partial charge in [-0.2, -0.15) is 0 Å². The van der Waals surface area contributed by atoms with E-state index in [2.05, 4.69) is 15.9 Å². The Morgan fingerprint density at radius 3 is 2.40 bits per heavy atom. The minimum absolute atomic E-state index is 0.250. The first kappa shape index (κ1) is 15.2. The van der Waals surface area contributed by atoms with Crippen molar-refractivity contribution in [2.45, 2.75) is 18.9 Å². The van der Waals surface area contributed by atoms with Gasteiger partial charge in [-0.15, -0.1) is 0 Å². The van der Waals surface area contributed by atoms with Gasteiger partial charge in [0, 0.05) is 22.5 Å². The Labute approximate surface area is 126 Å². The summed E-state index contributed by atoms with van der Waals surface area (Å²) in [6.07, 6.45) is -0.962. The molecule has 20 heavy (non-hydrogen) atoms. The van der Waals surface area contributed by atoms with Crippen molar-refractivity contribution in [2.75, 3.05) is 6.54 Å². The summed E-state index contributed by atoms with van der Waals surface area (Å²) < 4.78 is 14.6. The van der Waals surface area contributed by atoms with E-state index >= 15 is 0 Å². The Balaban J connectivity index is 2.33. The molecular weight excluding hydrogens is 321 g/mol. The molecule has 0 aliphatic carbocycles. The van der Waals surface area contributed by atoms with Crippen molar-refractivity contribution < 1.29 is 9.50 Å². The summed E-state index contributed by atoms with van der Waals surface area (Å²) in [6, 6.07) is 12.4. The predicted molar refractivity (Wildman–Crippen MR) is 82.0 cm³/mol. The van der Waals surface area contributed by atoms with Gasteiger partial charge in [-0.05, 0) is 24.6 Å². The van der Waals surface area contributed by atoms with Crippen molar-refractivity contribution in [3.63, 3.8) is 0 Å². The number of aliphatic hydroxyl groups excluding tert-OH is 1. The zero-order chi connectivity index (χ0) is 14.7. The quantitative estimate of drug-likeness (QED) is 0.893. The van der Waals surface area contributed by atoms with Crippen molar-refractivity contribution in [1.82, 2.24) is 0 Å². The predicted octanol–water partition coefficient (Wildman–Crippen LogP) is 3.67. The Hall–Kier alpha value is -1.23.